The fourth-order valence-electron chi connectivity index (χ4n) is 7.78. The number of allylic oxidation sites excluding steroid dienone is 2. The highest BCUT2D eigenvalue weighted by Gasteiger charge is 2.24. The fraction of sp³-hybridized carbons (Fsp3) is 0.920. The van der Waals surface area contributed by atoms with Crippen molar-refractivity contribution in [1.82, 2.24) is 5.32 Å². The molecule has 0 radical (unpaired) electrons. The number of nitrogens with one attached hydrogen (secondary N) is 1. The van der Waals surface area contributed by atoms with E-state index in [0.717, 1.165) is 51.4 Å². The lowest BCUT2D eigenvalue weighted by atomic mass is 10.0. The number of rotatable bonds is 45. The monoisotopic (exact) mass is 792 g/mol. The summed E-state index contributed by atoms with van der Waals surface area (Å²) in [6.07, 6.45) is 48.5. The first-order chi connectivity index (χ1) is 27.5. The second-order valence-corrected chi connectivity index (χ2v) is 17.2. The number of ether oxygens (including phenoxy) is 1. The van der Waals surface area contributed by atoms with Gasteiger partial charge in [0.05, 0.1) is 25.2 Å². The van der Waals surface area contributed by atoms with Crippen LogP contribution in [-0.2, 0) is 14.3 Å². The molecule has 0 aromatic heterocycles. The third-order valence-electron chi connectivity index (χ3n) is 11.6. The minimum absolute atomic E-state index is 0.0632. The van der Waals surface area contributed by atoms with E-state index >= 15 is 0 Å². The van der Waals surface area contributed by atoms with Crippen LogP contribution in [-0.4, -0.2) is 46.9 Å². The molecule has 0 aliphatic heterocycles. The van der Waals surface area contributed by atoms with Gasteiger partial charge < -0.3 is 20.3 Å². The van der Waals surface area contributed by atoms with Gasteiger partial charge in [0.25, 0.3) is 0 Å². The largest absolute Gasteiger partial charge is 0.462 e. The number of unbranched alkanes of at least 4 members (excludes halogenated alkanes) is 31. The van der Waals surface area contributed by atoms with Crippen molar-refractivity contribution in [3.05, 3.63) is 12.2 Å². The van der Waals surface area contributed by atoms with Gasteiger partial charge in [0, 0.05) is 6.42 Å². The van der Waals surface area contributed by atoms with Crippen LogP contribution in [0.5, 0.6) is 0 Å². The first kappa shape index (κ1) is 54.6. The topological polar surface area (TPSA) is 95.9 Å². The summed E-state index contributed by atoms with van der Waals surface area (Å²) in [5, 5.41) is 23.7. The van der Waals surface area contributed by atoms with Crippen LogP contribution >= 0.6 is 0 Å². The van der Waals surface area contributed by atoms with Crippen molar-refractivity contribution in [3.8, 4) is 0 Å². The van der Waals surface area contributed by atoms with Gasteiger partial charge in [0.1, 0.15) is 6.10 Å². The first-order valence-electron chi connectivity index (χ1n) is 24.9. The highest BCUT2D eigenvalue weighted by molar-refractivity contribution is 5.77. The summed E-state index contributed by atoms with van der Waals surface area (Å²) in [4.78, 5) is 26.0. The van der Waals surface area contributed by atoms with E-state index in [1.165, 1.54) is 173 Å². The zero-order valence-electron chi connectivity index (χ0n) is 37.8. The van der Waals surface area contributed by atoms with Crippen LogP contribution in [0.1, 0.15) is 271 Å². The van der Waals surface area contributed by atoms with Crippen molar-refractivity contribution in [3.63, 3.8) is 0 Å². The van der Waals surface area contributed by atoms with Crippen LogP contribution in [0.3, 0.4) is 0 Å². The maximum absolute atomic E-state index is 13.1. The highest BCUT2D eigenvalue weighted by Crippen LogP contribution is 2.18. The number of hydrogen-bond donors (Lipinski definition) is 3. The lowest BCUT2D eigenvalue weighted by molar-refractivity contribution is -0.151. The molecule has 56 heavy (non-hydrogen) atoms. The molecule has 3 unspecified atom stereocenters. The molecule has 0 aromatic rings. The molecule has 0 saturated heterocycles. The van der Waals surface area contributed by atoms with Gasteiger partial charge in [-0.25, -0.2) is 0 Å². The molecule has 0 saturated carbocycles. The fourth-order valence-corrected chi connectivity index (χ4v) is 7.78. The number of esters is 1. The van der Waals surface area contributed by atoms with Gasteiger partial charge in [-0.15, -0.1) is 0 Å². The summed E-state index contributed by atoms with van der Waals surface area (Å²) in [6.45, 7) is 6.47. The van der Waals surface area contributed by atoms with Crippen molar-refractivity contribution in [2.45, 2.75) is 289 Å². The highest BCUT2D eigenvalue weighted by atomic mass is 16.5. The van der Waals surface area contributed by atoms with Crippen molar-refractivity contribution in [1.29, 1.82) is 0 Å². The molecule has 0 fully saturated rings. The minimum Gasteiger partial charge on any atom is -0.462 e. The molecule has 3 N–H and O–H groups in total. The molecular formula is C50H97NO5. The lowest BCUT2D eigenvalue weighted by Gasteiger charge is -2.24. The molecule has 0 rings (SSSR count). The smallest absolute Gasteiger partial charge is 0.306 e. The average molecular weight is 792 g/mol. The molecule has 0 bridgehead atoms. The molecule has 0 aromatic carbocycles. The number of hydrogen-bond acceptors (Lipinski definition) is 5. The van der Waals surface area contributed by atoms with Crippen molar-refractivity contribution in [2.75, 3.05) is 6.61 Å². The zero-order valence-corrected chi connectivity index (χ0v) is 37.8. The molecule has 6 nitrogen and oxygen atoms in total. The average Bonchev–Trinajstić information content (AvgIpc) is 3.19. The van der Waals surface area contributed by atoms with E-state index in [-0.39, 0.29) is 24.9 Å². The Morgan fingerprint density at radius 3 is 1.30 bits per heavy atom. The zero-order chi connectivity index (χ0) is 41.0. The summed E-state index contributed by atoms with van der Waals surface area (Å²) in [6, 6.07) is -0.702. The maximum atomic E-state index is 13.1. The summed E-state index contributed by atoms with van der Waals surface area (Å²) in [5.74, 6) is -0.489. The molecule has 0 heterocycles. The van der Waals surface area contributed by atoms with Gasteiger partial charge in [-0.05, 0) is 44.9 Å². The van der Waals surface area contributed by atoms with Gasteiger partial charge in [0.15, 0.2) is 0 Å². The number of amides is 1. The Labute approximate surface area is 349 Å². The van der Waals surface area contributed by atoms with Crippen LogP contribution in [0.4, 0.5) is 0 Å². The van der Waals surface area contributed by atoms with E-state index in [4.69, 9.17) is 4.74 Å². The van der Waals surface area contributed by atoms with Crippen molar-refractivity contribution < 1.29 is 24.5 Å². The Balaban J connectivity index is 4.53. The van der Waals surface area contributed by atoms with Gasteiger partial charge in [-0.1, -0.05) is 226 Å². The van der Waals surface area contributed by atoms with Gasteiger partial charge in [0.2, 0.25) is 5.91 Å². The number of aliphatic hydroxyl groups is 2. The van der Waals surface area contributed by atoms with Crippen LogP contribution in [0, 0.1) is 0 Å². The maximum Gasteiger partial charge on any atom is 0.306 e. The molecule has 0 spiro atoms. The number of carbonyl (C=O) groups is 2. The van der Waals surface area contributed by atoms with Crippen LogP contribution in [0.15, 0.2) is 12.2 Å². The second kappa shape index (κ2) is 44.7. The van der Waals surface area contributed by atoms with Crippen LogP contribution in [0.2, 0.25) is 0 Å². The molecule has 332 valence electrons. The SMILES string of the molecule is CCCCCCCC/C=C\CCCC(CC(=O)NC(CO)C(O)CCCCCCCCCCCCC)OC(=O)CCCCCCCCCCCCCCCCC. The Kier molecular flexibility index (Phi) is 43.6. The number of carbonyl (C=O) groups excluding carboxylic acids is 2. The second-order valence-electron chi connectivity index (χ2n) is 17.2. The summed E-state index contributed by atoms with van der Waals surface area (Å²) < 4.78 is 5.90. The van der Waals surface area contributed by atoms with E-state index in [9.17, 15) is 19.8 Å². The Bertz CT molecular complexity index is 847. The third-order valence-corrected chi connectivity index (χ3v) is 11.6. The Hall–Kier alpha value is -1.40. The van der Waals surface area contributed by atoms with Gasteiger partial charge >= 0.3 is 5.97 Å². The molecule has 6 heteroatoms. The Morgan fingerprint density at radius 2 is 0.875 bits per heavy atom. The van der Waals surface area contributed by atoms with E-state index in [0.29, 0.717) is 19.3 Å². The van der Waals surface area contributed by atoms with E-state index in [1.54, 1.807) is 0 Å². The van der Waals surface area contributed by atoms with Crippen LogP contribution in [0.25, 0.3) is 0 Å². The molecular weight excluding hydrogens is 695 g/mol. The molecule has 0 aliphatic carbocycles. The molecule has 1 amide bonds. The number of aliphatic hydroxyl groups excluding tert-OH is 2. The molecule has 3 atom stereocenters. The third kappa shape index (κ3) is 39.4. The lowest BCUT2D eigenvalue weighted by Crippen LogP contribution is -2.46. The van der Waals surface area contributed by atoms with Gasteiger partial charge in [-0.3, -0.25) is 9.59 Å². The van der Waals surface area contributed by atoms with E-state index in [1.807, 2.05) is 0 Å². The predicted molar refractivity (Wildman–Crippen MR) is 241 cm³/mol. The van der Waals surface area contributed by atoms with Crippen LogP contribution < -0.4 is 5.32 Å². The van der Waals surface area contributed by atoms with Crippen molar-refractivity contribution >= 4 is 11.9 Å². The van der Waals surface area contributed by atoms with Gasteiger partial charge in [-0.2, -0.15) is 0 Å². The van der Waals surface area contributed by atoms with E-state index in [2.05, 4.69) is 38.2 Å². The first-order valence-corrected chi connectivity index (χ1v) is 24.9. The van der Waals surface area contributed by atoms with Crippen molar-refractivity contribution in [2.24, 2.45) is 0 Å². The minimum atomic E-state index is -0.787. The van der Waals surface area contributed by atoms with E-state index < -0.39 is 18.2 Å². The predicted octanol–water partition coefficient (Wildman–Crippen LogP) is 14.6. The summed E-state index contributed by atoms with van der Waals surface area (Å²) in [7, 11) is 0. The summed E-state index contributed by atoms with van der Waals surface area (Å²) >= 11 is 0. The quantitative estimate of drug-likeness (QED) is 0.0324. The summed E-state index contributed by atoms with van der Waals surface area (Å²) in [5.41, 5.74) is 0. The standard InChI is InChI=1S/C50H97NO5/c1-4-7-10-13-16-19-22-23-24-25-28-31-34-37-40-43-50(55)56-46(41-38-35-32-29-26-20-17-14-11-8-5-2)44-49(54)51-47(45-52)48(53)42-39-36-33-30-27-21-18-15-12-9-6-3/h29,32,46-48,52-53H,4-28,30-31,33-45H2,1-3H3,(H,51,54)/b32-29-. The Morgan fingerprint density at radius 1 is 0.500 bits per heavy atom. The molecule has 0 aliphatic rings. The normalized spacial score (nSPS) is 13.3.